The second-order valence-corrected chi connectivity index (χ2v) is 6.22. The summed E-state index contributed by atoms with van der Waals surface area (Å²) in [5, 5.41) is 11.1. The lowest BCUT2D eigenvalue weighted by Crippen LogP contribution is -2.23. The van der Waals surface area contributed by atoms with Gasteiger partial charge in [0.1, 0.15) is 0 Å². The number of carboxylic acids is 1. The van der Waals surface area contributed by atoms with Crippen LogP contribution in [0.15, 0.2) is 24.3 Å². The van der Waals surface area contributed by atoms with Crippen LogP contribution in [-0.4, -0.2) is 30.5 Å². The Balaban J connectivity index is 2.20. The molecule has 144 valence electrons. The number of H-pyrrole nitrogens is 1. The van der Waals surface area contributed by atoms with Gasteiger partial charge < -0.3 is 24.4 Å². The maximum atomic E-state index is 12.5. The molecule has 1 heterocycles. The number of nitrogens with one attached hydrogen (secondary N) is 1. The van der Waals surface area contributed by atoms with Crippen molar-refractivity contribution in [2.75, 3.05) is 13.7 Å². The van der Waals surface area contributed by atoms with Crippen molar-refractivity contribution >= 4 is 17.8 Å². The van der Waals surface area contributed by atoms with Crippen molar-refractivity contribution < 1.29 is 24.2 Å². The van der Waals surface area contributed by atoms with E-state index in [0.29, 0.717) is 34.9 Å². The zero-order valence-electron chi connectivity index (χ0n) is 16.0. The number of hydrogen-bond acceptors (Lipinski definition) is 5. The number of ketones is 1. The van der Waals surface area contributed by atoms with Gasteiger partial charge in [-0.1, -0.05) is 25.5 Å². The van der Waals surface area contributed by atoms with E-state index in [1.54, 1.807) is 39.2 Å². The number of carbonyl (C=O) groups excluding carboxylic acids is 2. The average Bonchev–Trinajstić information content (AvgIpc) is 2.95. The number of aromatic amines is 1. The molecule has 27 heavy (non-hydrogen) atoms. The molecule has 0 amide bonds. The molecule has 2 rings (SSSR count). The number of hydrogen-bond donors (Lipinski definition) is 1. The van der Waals surface area contributed by atoms with Crippen LogP contribution in [0.3, 0.4) is 0 Å². The Bertz CT molecular complexity index is 864. The van der Waals surface area contributed by atoms with Crippen LogP contribution in [0.25, 0.3) is 6.08 Å². The molecule has 1 aromatic carbocycles. The van der Waals surface area contributed by atoms with Crippen molar-refractivity contribution in [3.63, 3.8) is 0 Å². The molecule has 0 aliphatic heterocycles. The molecule has 1 aromatic heterocycles. The second-order valence-electron chi connectivity index (χ2n) is 6.22. The highest BCUT2D eigenvalue weighted by Crippen LogP contribution is 2.29. The predicted molar refractivity (Wildman–Crippen MR) is 101 cm³/mol. The number of unbranched alkanes of at least 4 members (excludes halogenated alkanes) is 1. The molecule has 0 unspecified atom stereocenters. The van der Waals surface area contributed by atoms with Crippen LogP contribution >= 0.6 is 0 Å². The first-order valence-corrected chi connectivity index (χ1v) is 8.82. The van der Waals surface area contributed by atoms with E-state index < -0.39 is 5.97 Å². The van der Waals surface area contributed by atoms with Gasteiger partial charge in [0.15, 0.2) is 17.3 Å². The lowest BCUT2D eigenvalue weighted by atomic mass is 10.0. The minimum atomic E-state index is -1.33. The van der Waals surface area contributed by atoms with Crippen molar-refractivity contribution in [3.05, 3.63) is 52.4 Å². The number of carboxylic acid groups (broad SMARTS) is 1. The highest BCUT2D eigenvalue weighted by atomic mass is 16.5. The van der Waals surface area contributed by atoms with E-state index in [1.165, 1.54) is 6.08 Å². The normalized spacial score (nSPS) is 11.0. The summed E-state index contributed by atoms with van der Waals surface area (Å²) in [5.41, 5.74) is 1.92. The standard InChI is InChI=1S/C21H25NO5/c1-5-6-11-27-17-10-8-15(12-18(17)26-4)7-9-16(23)19-13(2)20(21(24)25)22-14(19)3/h7-10,12,22H,5-6,11H2,1-4H3,(H,24,25)/p-1/b9-7+. The molecule has 0 spiro atoms. The number of rotatable bonds is 9. The van der Waals surface area contributed by atoms with Crippen molar-refractivity contribution in [2.24, 2.45) is 0 Å². The smallest absolute Gasteiger partial charge is 0.187 e. The zero-order chi connectivity index (χ0) is 20.0. The molecule has 0 saturated heterocycles. The highest BCUT2D eigenvalue weighted by Gasteiger charge is 2.16. The van der Waals surface area contributed by atoms with E-state index in [-0.39, 0.29) is 11.5 Å². The molecule has 0 radical (unpaired) electrons. The second kappa shape index (κ2) is 9.07. The van der Waals surface area contributed by atoms with E-state index >= 15 is 0 Å². The number of allylic oxidation sites excluding steroid dienone is 1. The number of methoxy groups -OCH3 is 1. The van der Waals surface area contributed by atoms with Crippen LogP contribution in [0, 0.1) is 13.8 Å². The average molecular weight is 370 g/mol. The Morgan fingerprint density at radius 2 is 1.96 bits per heavy atom. The fourth-order valence-electron chi connectivity index (χ4n) is 2.81. The van der Waals surface area contributed by atoms with Crippen LogP contribution in [-0.2, 0) is 0 Å². The first-order chi connectivity index (χ1) is 12.9. The number of carbonyl (C=O) groups is 2. The summed E-state index contributed by atoms with van der Waals surface area (Å²) in [5.74, 6) is -0.364. The Hall–Kier alpha value is -3.02. The first-order valence-electron chi connectivity index (χ1n) is 8.82. The Morgan fingerprint density at radius 1 is 1.22 bits per heavy atom. The van der Waals surface area contributed by atoms with Gasteiger partial charge in [-0.05, 0) is 49.6 Å². The predicted octanol–water partition coefficient (Wildman–Crippen LogP) is 3.08. The summed E-state index contributed by atoms with van der Waals surface area (Å²) < 4.78 is 11.0. The zero-order valence-corrected chi connectivity index (χ0v) is 16.0. The Labute approximate surface area is 158 Å². The number of aromatic carboxylic acids is 1. The van der Waals surface area contributed by atoms with Gasteiger partial charge in [0, 0.05) is 11.3 Å². The van der Waals surface area contributed by atoms with Gasteiger partial charge in [-0.2, -0.15) is 0 Å². The van der Waals surface area contributed by atoms with Crippen LogP contribution in [0.5, 0.6) is 11.5 Å². The van der Waals surface area contributed by atoms with Gasteiger partial charge in [0.2, 0.25) is 0 Å². The molecule has 1 N–H and O–H groups in total. The fourth-order valence-corrected chi connectivity index (χ4v) is 2.81. The lowest BCUT2D eigenvalue weighted by Gasteiger charge is -2.10. The Kier molecular flexibility index (Phi) is 6.82. The molecule has 0 saturated carbocycles. The maximum absolute atomic E-state index is 12.5. The minimum Gasteiger partial charge on any atom is -0.543 e. The van der Waals surface area contributed by atoms with E-state index in [0.717, 1.165) is 18.4 Å². The highest BCUT2D eigenvalue weighted by molar-refractivity contribution is 6.10. The van der Waals surface area contributed by atoms with Crippen molar-refractivity contribution in [1.29, 1.82) is 0 Å². The van der Waals surface area contributed by atoms with E-state index in [1.807, 2.05) is 6.07 Å². The molecule has 0 bridgehead atoms. The largest absolute Gasteiger partial charge is 0.543 e. The van der Waals surface area contributed by atoms with Gasteiger partial charge in [-0.15, -0.1) is 0 Å². The molecule has 2 aromatic rings. The lowest BCUT2D eigenvalue weighted by molar-refractivity contribution is -0.255. The van der Waals surface area contributed by atoms with Gasteiger partial charge in [-0.25, -0.2) is 0 Å². The third kappa shape index (κ3) is 4.78. The summed E-state index contributed by atoms with van der Waals surface area (Å²) in [6, 6.07) is 5.42. The molecular formula is C21H24NO5-. The topological polar surface area (TPSA) is 91.5 Å². The van der Waals surface area contributed by atoms with Crippen LogP contribution in [0.1, 0.15) is 57.4 Å². The third-order valence-electron chi connectivity index (χ3n) is 4.26. The third-order valence-corrected chi connectivity index (χ3v) is 4.26. The SMILES string of the molecule is CCCCOc1ccc(/C=C/C(=O)c2c(C)[nH]c(C(=O)[O-])c2C)cc1OC. The van der Waals surface area contributed by atoms with Crippen LogP contribution in [0.4, 0.5) is 0 Å². The molecular weight excluding hydrogens is 346 g/mol. The summed E-state index contributed by atoms with van der Waals surface area (Å²) in [4.78, 5) is 26.3. The maximum Gasteiger partial charge on any atom is 0.187 e. The molecule has 0 aliphatic carbocycles. The van der Waals surface area contributed by atoms with Crippen molar-refractivity contribution in [2.45, 2.75) is 33.6 Å². The van der Waals surface area contributed by atoms with Gasteiger partial charge in [-0.3, -0.25) is 4.79 Å². The van der Waals surface area contributed by atoms with Crippen molar-refractivity contribution in [3.8, 4) is 11.5 Å². The summed E-state index contributed by atoms with van der Waals surface area (Å²) in [6.45, 7) is 5.95. The Morgan fingerprint density at radius 3 is 2.56 bits per heavy atom. The van der Waals surface area contributed by atoms with E-state index in [4.69, 9.17) is 9.47 Å². The number of benzene rings is 1. The van der Waals surface area contributed by atoms with E-state index in [9.17, 15) is 14.7 Å². The molecule has 0 atom stereocenters. The van der Waals surface area contributed by atoms with E-state index in [2.05, 4.69) is 11.9 Å². The van der Waals surface area contributed by atoms with Gasteiger partial charge >= 0.3 is 0 Å². The van der Waals surface area contributed by atoms with Crippen LogP contribution < -0.4 is 14.6 Å². The molecule has 6 heteroatoms. The summed E-state index contributed by atoms with van der Waals surface area (Å²) in [6.07, 6.45) is 5.07. The minimum absolute atomic E-state index is 0.0699. The fraction of sp³-hybridized carbons (Fsp3) is 0.333. The summed E-state index contributed by atoms with van der Waals surface area (Å²) >= 11 is 0. The number of ether oxygens (including phenoxy) is 2. The molecule has 0 fully saturated rings. The number of aryl methyl sites for hydroxylation is 1. The molecule has 0 aliphatic rings. The quantitative estimate of drug-likeness (QED) is 0.416. The van der Waals surface area contributed by atoms with Gasteiger partial charge in [0.25, 0.3) is 0 Å². The monoisotopic (exact) mass is 370 g/mol. The van der Waals surface area contributed by atoms with Crippen LogP contribution in [0.2, 0.25) is 0 Å². The summed E-state index contributed by atoms with van der Waals surface area (Å²) in [7, 11) is 1.56. The first kappa shape index (κ1) is 20.3. The molecule has 6 nitrogen and oxygen atoms in total. The van der Waals surface area contributed by atoms with Crippen molar-refractivity contribution in [1.82, 2.24) is 4.98 Å². The van der Waals surface area contributed by atoms with Gasteiger partial charge in [0.05, 0.1) is 25.4 Å². The number of aromatic nitrogens is 1.